The lowest BCUT2D eigenvalue weighted by Crippen LogP contribution is -2.35. The maximum absolute atomic E-state index is 9.42. The predicted octanol–water partition coefficient (Wildman–Crippen LogP) is 0.513. The van der Waals surface area contributed by atoms with Gasteiger partial charge >= 0.3 is 0 Å². The van der Waals surface area contributed by atoms with Crippen molar-refractivity contribution in [2.75, 3.05) is 19.8 Å². The van der Waals surface area contributed by atoms with Gasteiger partial charge in [-0.3, -0.25) is 0 Å². The Kier molecular flexibility index (Phi) is 5.46. The van der Waals surface area contributed by atoms with E-state index in [1.54, 1.807) is 6.92 Å². The topological polar surface area (TPSA) is 55.5 Å². The summed E-state index contributed by atoms with van der Waals surface area (Å²) < 4.78 is 5.20. The monoisotopic (exact) mass is 161 g/mol. The van der Waals surface area contributed by atoms with E-state index >= 15 is 0 Å². The zero-order valence-corrected chi connectivity index (χ0v) is 7.47. The molecule has 0 saturated carbocycles. The third-order valence-electron chi connectivity index (χ3n) is 1.57. The van der Waals surface area contributed by atoms with Gasteiger partial charge in [0.1, 0.15) is 0 Å². The highest BCUT2D eigenvalue weighted by Crippen LogP contribution is 2.06. The molecule has 0 amide bonds. The lowest BCUT2D eigenvalue weighted by atomic mass is 10.0. The molecular weight excluding hydrogens is 142 g/mol. The average molecular weight is 161 g/mol. The largest absolute Gasteiger partial charge is 0.389 e. The molecule has 0 bridgehead atoms. The van der Waals surface area contributed by atoms with Gasteiger partial charge in [0.15, 0.2) is 0 Å². The van der Waals surface area contributed by atoms with E-state index in [2.05, 4.69) is 6.92 Å². The van der Waals surface area contributed by atoms with E-state index in [1.165, 1.54) is 0 Å². The summed E-state index contributed by atoms with van der Waals surface area (Å²) >= 11 is 0. The third kappa shape index (κ3) is 6.28. The minimum atomic E-state index is -0.756. The molecule has 1 unspecified atom stereocenters. The van der Waals surface area contributed by atoms with Crippen LogP contribution < -0.4 is 5.73 Å². The minimum Gasteiger partial charge on any atom is -0.389 e. The maximum atomic E-state index is 9.42. The van der Waals surface area contributed by atoms with Crippen LogP contribution in [-0.4, -0.2) is 30.5 Å². The van der Waals surface area contributed by atoms with E-state index in [1.807, 2.05) is 0 Å². The van der Waals surface area contributed by atoms with E-state index in [-0.39, 0.29) is 0 Å². The Morgan fingerprint density at radius 3 is 2.55 bits per heavy atom. The van der Waals surface area contributed by atoms with Crippen LogP contribution in [0.25, 0.3) is 0 Å². The van der Waals surface area contributed by atoms with Gasteiger partial charge in [-0.1, -0.05) is 6.92 Å². The fraction of sp³-hybridized carbons (Fsp3) is 1.00. The van der Waals surface area contributed by atoms with Crippen LogP contribution in [0.1, 0.15) is 26.7 Å². The second-order valence-electron chi connectivity index (χ2n) is 3.06. The number of aliphatic hydroxyl groups is 1. The summed E-state index contributed by atoms with van der Waals surface area (Å²) in [6, 6.07) is 0. The van der Waals surface area contributed by atoms with E-state index in [4.69, 9.17) is 10.5 Å². The summed E-state index contributed by atoms with van der Waals surface area (Å²) in [7, 11) is 0. The van der Waals surface area contributed by atoms with Crippen LogP contribution >= 0.6 is 0 Å². The number of ether oxygens (including phenoxy) is 1. The molecule has 11 heavy (non-hydrogen) atoms. The van der Waals surface area contributed by atoms with Crippen molar-refractivity contribution in [2.24, 2.45) is 5.73 Å². The van der Waals surface area contributed by atoms with Crippen LogP contribution in [0.3, 0.4) is 0 Å². The lowest BCUT2D eigenvalue weighted by molar-refractivity contribution is 0.0211. The summed E-state index contributed by atoms with van der Waals surface area (Å²) in [6.45, 7) is 5.44. The van der Waals surface area contributed by atoms with Crippen molar-refractivity contribution in [1.82, 2.24) is 0 Å². The molecule has 1 atom stereocenters. The molecule has 0 aromatic rings. The highest BCUT2D eigenvalue weighted by Gasteiger charge is 2.16. The lowest BCUT2D eigenvalue weighted by Gasteiger charge is -2.20. The van der Waals surface area contributed by atoms with Crippen LogP contribution in [0.2, 0.25) is 0 Å². The molecule has 0 aromatic heterocycles. The Labute approximate surface area is 68.5 Å². The van der Waals surface area contributed by atoms with Gasteiger partial charge in [0, 0.05) is 26.2 Å². The van der Waals surface area contributed by atoms with Gasteiger partial charge < -0.3 is 15.6 Å². The van der Waals surface area contributed by atoms with Gasteiger partial charge in [0.2, 0.25) is 0 Å². The van der Waals surface area contributed by atoms with E-state index in [0.717, 1.165) is 13.0 Å². The molecule has 0 aliphatic carbocycles. The highest BCUT2D eigenvalue weighted by atomic mass is 16.5. The van der Waals surface area contributed by atoms with E-state index in [0.29, 0.717) is 19.6 Å². The van der Waals surface area contributed by atoms with Crippen molar-refractivity contribution in [1.29, 1.82) is 0 Å². The van der Waals surface area contributed by atoms with Crippen LogP contribution in [0.5, 0.6) is 0 Å². The van der Waals surface area contributed by atoms with Gasteiger partial charge in [-0.2, -0.15) is 0 Å². The van der Waals surface area contributed by atoms with Crippen LogP contribution in [0, 0.1) is 0 Å². The first-order valence-corrected chi connectivity index (χ1v) is 4.12. The molecule has 0 aliphatic heterocycles. The molecular formula is C8H19NO2. The Hall–Kier alpha value is -0.120. The second-order valence-corrected chi connectivity index (χ2v) is 3.06. The smallest absolute Gasteiger partial charge is 0.0763 e. The molecule has 3 N–H and O–H groups in total. The van der Waals surface area contributed by atoms with Gasteiger partial charge in [-0.15, -0.1) is 0 Å². The van der Waals surface area contributed by atoms with Gasteiger partial charge in [-0.25, -0.2) is 0 Å². The van der Waals surface area contributed by atoms with Crippen molar-refractivity contribution in [3.63, 3.8) is 0 Å². The van der Waals surface area contributed by atoms with Crippen molar-refractivity contribution >= 4 is 0 Å². The van der Waals surface area contributed by atoms with Crippen molar-refractivity contribution in [3.05, 3.63) is 0 Å². The van der Waals surface area contributed by atoms with E-state index < -0.39 is 5.60 Å². The maximum Gasteiger partial charge on any atom is 0.0763 e. The SMILES string of the molecule is CCCOCCC(C)(O)CN. The standard InChI is InChI=1S/C8H19NO2/c1-3-5-11-6-4-8(2,10)7-9/h10H,3-7,9H2,1-2H3. The minimum absolute atomic E-state index is 0.294. The number of hydrogen-bond acceptors (Lipinski definition) is 3. The summed E-state index contributed by atoms with van der Waals surface area (Å²) in [5.74, 6) is 0. The summed E-state index contributed by atoms with van der Waals surface area (Å²) in [6.07, 6.45) is 1.63. The van der Waals surface area contributed by atoms with E-state index in [9.17, 15) is 5.11 Å². The number of nitrogens with two attached hydrogens (primary N) is 1. The molecule has 0 aromatic carbocycles. The molecule has 3 nitrogen and oxygen atoms in total. The zero-order chi connectivity index (χ0) is 8.74. The third-order valence-corrected chi connectivity index (χ3v) is 1.57. The van der Waals surface area contributed by atoms with Gasteiger partial charge in [-0.05, 0) is 13.3 Å². The highest BCUT2D eigenvalue weighted by molar-refractivity contribution is 4.72. The zero-order valence-electron chi connectivity index (χ0n) is 7.47. The van der Waals surface area contributed by atoms with Crippen LogP contribution in [0.4, 0.5) is 0 Å². The predicted molar refractivity (Wildman–Crippen MR) is 45.4 cm³/mol. The second kappa shape index (κ2) is 5.52. The number of hydrogen-bond donors (Lipinski definition) is 2. The molecule has 68 valence electrons. The molecule has 3 heteroatoms. The normalized spacial score (nSPS) is 16.4. The molecule has 0 fully saturated rings. The first-order chi connectivity index (χ1) is 5.12. The summed E-state index contributed by atoms with van der Waals surface area (Å²) in [4.78, 5) is 0. The summed E-state index contributed by atoms with van der Waals surface area (Å²) in [5.41, 5.74) is 4.56. The average Bonchev–Trinajstić information content (AvgIpc) is 1.99. The van der Waals surface area contributed by atoms with Crippen LogP contribution in [-0.2, 0) is 4.74 Å². The molecule has 0 saturated heterocycles. The Morgan fingerprint density at radius 1 is 1.45 bits per heavy atom. The number of rotatable bonds is 6. The fourth-order valence-electron chi connectivity index (χ4n) is 0.641. The first kappa shape index (κ1) is 10.9. The Morgan fingerprint density at radius 2 is 2.09 bits per heavy atom. The summed E-state index contributed by atoms with van der Waals surface area (Å²) in [5, 5.41) is 9.42. The van der Waals surface area contributed by atoms with Crippen molar-refractivity contribution in [2.45, 2.75) is 32.3 Å². The van der Waals surface area contributed by atoms with Gasteiger partial charge in [0.25, 0.3) is 0 Å². The first-order valence-electron chi connectivity index (χ1n) is 4.12. The van der Waals surface area contributed by atoms with Gasteiger partial charge in [0.05, 0.1) is 5.60 Å². The fourth-order valence-corrected chi connectivity index (χ4v) is 0.641. The Bertz CT molecular complexity index is 94.1. The molecule has 0 aliphatic rings. The quantitative estimate of drug-likeness (QED) is 0.558. The molecule has 0 heterocycles. The van der Waals surface area contributed by atoms with Crippen molar-refractivity contribution in [3.8, 4) is 0 Å². The van der Waals surface area contributed by atoms with Crippen LogP contribution in [0.15, 0.2) is 0 Å². The molecule has 0 spiro atoms. The molecule has 0 rings (SSSR count). The Balaban J connectivity index is 3.23. The van der Waals surface area contributed by atoms with Crippen molar-refractivity contribution < 1.29 is 9.84 Å². The molecule has 0 radical (unpaired) electrons.